The van der Waals surface area contributed by atoms with E-state index >= 15 is 0 Å². The number of rotatable bonds is 1. The van der Waals surface area contributed by atoms with E-state index in [4.69, 9.17) is 14.2 Å². The molecule has 0 radical (unpaired) electrons. The lowest BCUT2D eigenvalue weighted by molar-refractivity contribution is -0.121. The monoisotopic (exact) mass is 336 g/mol. The van der Waals surface area contributed by atoms with Crippen LogP contribution in [0.2, 0.25) is 0 Å². The molecule has 25 heavy (non-hydrogen) atoms. The summed E-state index contributed by atoms with van der Waals surface area (Å²) >= 11 is 0. The van der Waals surface area contributed by atoms with Crippen LogP contribution in [0.1, 0.15) is 22.8 Å². The molecular formula is C19H16N2O4. The van der Waals surface area contributed by atoms with Crippen LogP contribution in [-0.4, -0.2) is 12.6 Å². The maximum absolute atomic E-state index is 12.8. The first-order chi connectivity index (χ1) is 12.1. The van der Waals surface area contributed by atoms with E-state index in [1.165, 1.54) is 5.56 Å². The average molecular weight is 336 g/mol. The maximum Gasteiger partial charge on any atom is 0.231 e. The number of anilines is 2. The summed E-state index contributed by atoms with van der Waals surface area (Å²) in [7, 11) is 0. The molecule has 1 unspecified atom stereocenters. The summed E-state index contributed by atoms with van der Waals surface area (Å²) in [6.45, 7) is 4.30. The average Bonchev–Trinajstić information content (AvgIpc) is 3.18. The zero-order chi connectivity index (χ0) is 17.1. The van der Waals surface area contributed by atoms with Crippen LogP contribution in [0.3, 0.4) is 0 Å². The highest BCUT2D eigenvalue weighted by Crippen LogP contribution is 2.42. The standard InChI is InChI=1S/C19H16N2O4/c1-9-5-12-13(6-10(9)2)21-19-16(20-12)17(22)18(25-19)11-3-4-14-15(7-11)24-8-23-14/h3-7,18,20-21H,8H2,1-2H3. The van der Waals surface area contributed by atoms with Crippen molar-refractivity contribution in [3.63, 3.8) is 0 Å². The number of aryl methyl sites for hydroxylation is 2. The minimum Gasteiger partial charge on any atom is -0.461 e. The summed E-state index contributed by atoms with van der Waals surface area (Å²) < 4.78 is 16.6. The first-order valence-electron chi connectivity index (χ1n) is 8.10. The van der Waals surface area contributed by atoms with E-state index in [2.05, 4.69) is 17.6 Å². The van der Waals surface area contributed by atoms with Crippen LogP contribution in [0.4, 0.5) is 11.4 Å². The van der Waals surface area contributed by atoms with Crippen LogP contribution in [-0.2, 0) is 9.53 Å². The van der Waals surface area contributed by atoms with Crippen molar-refractivity contribution in [1.29, 1.82) is 0 Å². The Labute approximate surface area is 144 Å². The van der Waals surface area contributed by atoms with Crippen molar-refractivity contribution < 1.29 is 19.0 Å². The lowest BCUT2D eigenvalue weighted by atomic mass is 10.0. The highest BCUT2D eigenvalue weighted by molar-refractivity contribution is 6.06. The molecule has 1 atom stereocenters. The van der Waals surface area contributed by atoms with Crippen LogP contribution >= 0.6 is 0 Å². The van der Waals surface area contributed by atoms with Gasteiger partial charge in [0.15, 0.2) is 17.6 Å². The predicted octanol–water partition coefficient (Wildman–Crippen LogP) is 3.38. The fraction of sp³-hybridized carbons (Fsp3) is 0.211. The fourth-order valence-corrected chi connectivity index (χ4v) is 3.26. The van der Waals surface area contributed by atoms with Gasteiger partial charge in [-0.25, -0.2) is 0 Å². The van der Waals surface area contributed by atoms with Gasteiger partial charge in [0.05, 0.1) is 11.4 Å². The lowest BCUT2D eigenvalue weighted by Gasteiger charge is -2.21. The van der Waals surface area contributed by atoms with Crippen molar-refractivity contribution in [2.45, 2.75) is 20.0 Å². The summed E-state index contributed by atoms with van der Waals surface area (Å²) in [5.41, 5.74) is 5.32. The molecule has 3 aliphatic heterocycles. The van der Waals surface area contributed by atoms with E-state index in [1.807, 2.05) is 25.1 Å². The fourth-order valence-electron chi connectivity index (χ4n) is 3.26. The normalized spacial score (nSPS) is 19.8. The van der Waals surface area contributed by atoms with Gasteiger partial charge in [0.2, 0.25) is 18.5 Å². The van der Waals surface area contributed by atoms with E-state index in [0.29, 0.717) is 23.1 Å². The van der Waals surface area contributed by atoms with Crippen LogP contribution in [0.15, 0.2) is 41.9 Å². The topological polar surface area (TPSA) is 68.8 Å². The largest absolute Gasteiger partial charge is 0.461 e. The number of hydrogen-bond acceptors (Lipinski definition) is 6. The summed E-state index contributed by atoms with van der Waals surface area (Å²) in [6.07, 6.45) is -0.698. The third-order valence-corrected chi connectivity index (χ3v) is 4.79. The molecule has 5 rings (SSSR count). The molecule has 0 saturated heterocycles. The van der Waals surface area contributed by atoms with Crippen LogP contribution in [0.25, 0.3) is 0 Å². The smallest absolute Gasteiger partial charge is 0.231 e. The minimum absolute atomic E-state index is 0.106. The van der Waals surface area contributed by atoms with Crippen LogP contribution in [0, 0.1) is 13.8 Å². The Kier molecular flexibility index (Phi) is 2.80. The number of Topliss-reactive ketones (excluding diaryl/α,β-unsaturated/α-hetero) is 1. The zero-order valence-electron chi connectivity index (χ0n) is 13.8. The van der Waals surface area contributed by atoms with Crippen molar-refractivity contribution in [3.05, 3.63) is 58.6 Å². The number of carbonyl (C=O) groups excluding carboxylic acids is 1. The number of nitrogens with one attached hydrogen (secondary N) is 2. The molecule has 6 nitrogen and oxygen atoms in total. The first kappa shape index (κ1) is 14.2. The molecule has 0 bridgehead atoms. The molecule has 0 spiro atoms. The second kappa shape index (κ2) is 4.92. The van der Waals surface area contributed by atoms with Crippen LogP contribution in [0.5, 0.6) is 11.5 Å². The Bertz CT molecular complexity index is 964. The number of carbonyl (C=O) groups is 1. The van der Waals surface area contributed by atoms with E-state index < -0.39 is 6.10 Å². The number of ketones is 1. The molecule has 0 aliphatic carbocycles. The molecule has 2 aromatic rings. The molecule has 3 aliphatic rings. The van der Waals surface area contributed by atoms with Gasteiger partial charge in [-0.3, -0.25) is 4.79 Å². The first-order valence-corrected chi connectivity index (χ1v) is 8.10. The molecule has 3 heterocycles. The Morgan fingerprint density at radius 1 is 0.960 bits per heavy atom. The van der Waals surface area contributed by atoms with Crippen molar-refractivity contribution in [3.8, 4) is 11.5 Å². The van der Waals surface area contributed by atoms with Gasteiger partial charge in [0.25, 0.3) is 0 Å². The summed E-state index contributed by atoms with van der Waals surface area (Å²) in [5.74, 6) is 1.67. The Hall–Kier alpha value is -3.15. The second-order valence-electron chi connectivity index (χ2n) is 6.41. The SMILES string of the molecule is Cc1cc2c(cc1C)NC1=C(N2)OC(c2ccc3c(c2)OCO3)C1=O. The Morgan fingerprint density at radius 3 is 2.48 bits per heavy atom. The number of hydrogen-bond donors (Lipinski definition) is 2. The molecular weight excluding hydrogens is 320 g/mol. The molecule has 2 aromatic carbocycles. The van der Waals surface area contributed by atoms with Crippen LogP contribution < -0.4 is 20.1 Å². The minimum atomic E-state index is -0.698. The third-order valence-electron chi connectivity index (χ3n) is 4.79. The predicted molar refractivity (Wildman–Crippen MR) is 91.6 cm³/mol. The molecule has 0 aromatic heterocycles. The zero-order valence-corrected chi connectivity index (χ0v) is 13.8. The van der Waals surface area contributed by atoms with Gasteiger partial charge in [-0.15, -0.1) is 0 Å². The van der Waals surface area contributed by atoms with E-state index in [1.54, 1.807) is 12.1 Å². The number of fused-ring (bicyclic) bond motifs is 2. The second-order valence-corrected chi connectivity index (χ2v) is 6.41. The van der Waals surface area contributed by atoms with E-state index in [9.17, 15) is 4.79 Å². The molecule has 0 saturated carbocycles. The van der Waals surface area contributed by atoms with Crippen molar-refractivity contribution >= 4 is 17.2 Å². The highest BCUT2D eigenvalue weighted by atomic mass is 16.7. The number of ether oxygens (including phenoxy) is 3. The maximum atomic E-state index is 12.8. The van der Waals surface area contributed by atoms with Crippen molar-refractivity contribution in [2.24, 2.45) is 0 Å². The number of benzene rings is 2. The lowest BCUT2D eigenvalue weighted by Crippen LogP contribution is -2.18. The summed E-state index contributed by atoms with van der Waals surface area (Å²) in [5, 5.41) is 6.44. The molecule has 2 N–H and O–H groups in total. The highest BCUT2D eigenvalue weighted by Gasteiger charge is 2.39. The molecule has 0 amide bonds. The van der Waals surface area contributed by atoms with E-state index in [0.717, 1.165) is 22.5 Å². The van der Waals surface area contributed by atoms with Gasteiger partial charge in [0.1, 0.15) is 5.70 Å². The van der Waals surface area contributed by atoms with Gasteiger partial charge in [-0.2, -0.15) is 0 Å². The third kappa shape index (κ3) is 2.07. The van der Waals surface area contributed by atoms with E-state index in [-0.39, 0.29) is 12.6 Å². The summed E-state index contributed by atoms with van der Waals surface area (Å²) in [6, 6.07) is 9.50. The molecule has 0 fully saturated rings. The Morgan fingerprint density at radius 2 is 1.68 bits per heavy atom. The quantitative estimate of drug-likeness (QED) is 0.832. The van der Waals surface area contributed by atoms with Gasteiger partial charge < -0.3 is 24.8 Å². The summed E-state index contributed by atoms with van der Waals surface area (Å²) in [4.78, 5) is 12.8. The molecule has 126 valence electrons. The van der Waals surface area contributed by atoms with Crippen molar-refractivity contribution in [1.82, 2.24) is 0 Å². The molecule has 6 heteroatoms. The van der Waals surface area contributed by atoms with Gasteiger partial charge in [0, 0.05) is 5.56 Å². The van der Waals surface area contributed by atoms with Gasteiger partial charge in [-0.1, -0.05) is 6.07 Å². The van der Waals surface area contributed by atoms with Crippen molar-refractivity contribution in [2.75, 3.05) is 17.4 Å². The van der Waals surface area contributed by atoms with Gasteiger partial charge in [-0.05, 0) is 49.2 Å². The van der Waals surface area contributed by atoms with Gasteiger partial charge >= 0.3 is 0 Å². The Balaban J connectivity index is 1.47.